The fraction of sp³-hybridized carbons (Fsp3) is 0.290. The minimum absolute atomic E-state index is 0.393. The molecule has 0 saturated carbocycles. The van der Waals surface area contributed by atoms with Crippen LogP contribution in [0.25, 0.3) is 22.3 Å². The van der Waals surface area contributed by atoms with Crippen LogP contribution in [0.5, 0.6) is 11.5 Å². The maximum atomic E-state index is 6.35. The standard InChI is InChI=1S/C31H32N4O3/c1-2-3-7-29(36-25-11-8-21(9-12-25)30-32-14-15-33-30)37-26-6-4-5-22(19-26)28-20-24-18-23(10-13-27(24)38-28)31-34-16-17-35-31/h4-6,8-13,18-20,29H,2-3,7,14-17H2,1H3,(H,32,33)(H,34,35). The molecular weight excluding hydrogens is 476 g/mol. The third kappa shape index (κ3) is 5.37. The molecule has 4 aromatic rings. The van der Waals surface area contributed by atoms with Gasteiger partial charge in [-0.2, -0.15) is 0 Å². The van der Waals surface area contributed by atoms with E-state index in [0.717, 1.165) is 102 Å². The highest BCUT2D eigenvalue weighted by atomic mass is 16.7. The number of furan rings is 1. The highest BCUT2D eigenvalue weighted by molar-refractivity contribution is 6.02. The van der Waals surface area contributed by atoms with Crippen LogP contribution in [0.1, 0.15) is 37.3 Å². The highest BCUT2D eigenvalue weighted by Crippen LogP contribution is 2.31. The molecule has 0 radical (unpaired) electrons. The molecule has 0 fully saturated rings. The first kappa shape index (κ1) is 24.1. The Morgan fingerprint density at radius 1 is 0.789 bits per heavy atom. The Kier molecular flexibility index (Phi) is 6.98. The van der Waals surface area contributed by atoms with Crippen molar-refractivity contribution in [3.8, 4) is 22.8 Å². The van der Waals surface area contributed by atoms with E-state index in [1.165, 1.54) is 0 Å². The zero-order valence-electron chi connectivity index (χ0n) is 21.6. The third-order valence-electron chi connectivity index (χ3n) is 6.71. The number of nitrogens with zero attached hydrogens (tertiary/aromatic N) is 2. The smallest absolute Gasteiger partial charge is 0.241 e. The Labute approximate surface area is 222 Å². The number of unbranched alkanes of at least 4 members (excludes halogenated alkanes) is 1. The summed E-state index contributed by atoms with van der Waals surface area (Å²) in [6.45, 7) is 5.59. The molecule has 0 amide bonds. The third-order valence-corrected chi connectivity index (χ3v) is 6.71. The quantitative estimate of drug-likeness (QED) is 0.266. The summed E-state index contributed by atoms with van der Waals surface area (Å²) in [5.74, 6) is 4.21. The molecule has 0 saturated heterocycles. The second-order valence-electron chi connectivity index (χ2n) is 9.54. The van der Waals surface area contributed by atoms with Crippen molar-refractivity contribution in [2.24, 2.45) is 9.98 Å². The fourth-order valence-electron chi connectivity index (χ4n) is 4.75. The number of rotatable bonds is 10. The normalized spacial score (nSPS) is 15.5. The topological polar surface area (TPSA) is 80.4 Å². The maximum absolute atomic E-state index is 6.35. The molecule has 7 nitrogen and oxygen atoms in total. The van der Waals surface area contributed by atoms with E-state index >= 15 is 0 Å². The van der Waals surface area contributed by atoms with Crippen LogP contribution in [-0.2, 0) is 0 Å². The number of benzene rings is 3. The van der Waals surface area contributed by atoms with E-state index < -0.39 is 6.29 Å². The van der Waals surface area contributed by atoms with Gasteiger partial charge in [-0.05, 0) is 67.1 Å². The van der Waals surface area contributed by atoms with Gasteiger partial charge in [-0.3, -0.25) is 9.98 Å². The van der Waals surface area contributed by atoms with Gasteiger partial charge < -0.3 is 24.5 Å². The molecule has 38 heavy (non-hydrogen) atoms. The fourth-order valence-corrected chi connectivity index (χ4v) is 4.75. The summed E-state index contributed by atoms with van der Waals surface area (Å²) in [7, 11) is 0. The molecule has 2 aliphatic heterocycles. The first-order valence-corrected chi connectivity index (χ1v) is 13.4. The van der Waals surface area contributed by atoms with Gasteiger partial charge in [-0.1, -0.05) is 25.5 Å². The zero-order valence-corrected chi connectivity index (χ0v) is 21.6. The first-order chi connectivity index (χ1) is 18.7. The average molecular weight is 509 g/mol. The van der Waals surface area contributed by atoms with Crippen LogP contribution in [0.2, 0.25) is 0 Å². The molecular formula is C31H32N4O3. The SMILES string of the molecule is CCCCC(Oc1ccc(C2=NCCN2)cc1)Oc1cccc(-c2cc3cc(C4=NCCN4)ccc3o2)c1. The molecule has 3 heterocycles. The monoisotopic (exact) mass is 508 g/mol. The van der Waals surface area contributed by atoms with Crippen LogP contribution in [0, 0.1) is 0 Å². The summed E-state index contributed by atoms with van der Waals surface area (Å²) in [6, 6.07) is 24.3. The van der Waals surface area contributed by atoms with Crippen LogP contribution in [0.3, 0.4) is 0 Å². The molecule has 2 aliphatic rings. The van der Waals surface area contributed by atoms with E-state index in [1.807, 2.05) is 60.7 Å². The highest BCUT2D eigenvalue weighted by Gasteiger charge is 2.16. The van der Waals surface area contributed by atoms with Crippen molar-refractivity contribution in [2.75, 3.05) is 26.2 Å². The summed E-state index contributed by atoms with van der Waals surface area (Å²) in [4.78, 5) is 9.02. The van der Waals surface area contributed by atoms with Gasteiger partial charge in [0.1, 0.15) is 34.5 Å². The van der Waals surface area contributed by atoms with Crippen LogP contribution in [0.15, 0.2) is 87.2 Å². The van der Waals surface area contributed by atoms with Gasteiger partial charge in [0.15, 0.2) is 0 Å². The number of ether oxygens (including phenoxy) is 2. The summed E-state index contributed by atoms with van der Waals surface area (Å²) < 4.78 is 18.8. The Bertz CT molecular complexity index is 1470. The number of amidine groups is 2. The van der Waals surface area contributed by atoms with Gasteiger partial charge >= 0.3 is 0 Å². The summed E-state index contributed by atoms with van der Waals surface area (Å²) in [5.41, 5.74) is 3.95. The lowest BCUT2D eigenvalue weighted by atomic mass is 10.1. The van der Waals surface area contributed by atoms with Gasteiger partial charge in [-0.15, -0.1) is 0 Å². The predicted octanol–water partition coefficient (Wildman–Crippen LogP) is 5.77. The predicted molar refractivity (Wildman–Crippen MR) is 151 cm³/mol. The minimum atomic E-state index is -0.393. The van der Waals surface area contributed by atoms with Gasteiger partial charge in [0.25, 0.3) is 0 Å². The van der Waals surface area contributed by atoms with Crippen molar-refractivity contribution in [1.82, 2.24) is 10.6 Å². The summed E-state index contributed by atoms with van der Waals surface area (Å²) >= 11 is 0. The lowest BCUT2D eigenvalue weighted by Crippen LogP contribution is -2.24. The van der Waals surface area contributed by atoms with Gasteiger partial charge in [0.2, 0.25) is 6.29 Å². The molecule has 2 N–H and O–H groups in total. The average Bonchev–Trinajstić information content (AvgIpc) is 3.74. The molecule has 3 aromatic carbocycles. The van der Waals surface area contributed by atoms with E-state index in [2.05, 4.69) is 39.7 Å². The van der Waals surface area contributed by atoms with Crippen LogP contribution >= 0.6 is 0 Å². The Balaban J connectivity index is 1.18. The van der Waals surface area contributed by atoms with Crippen molar-refractivity contribution in [3.63, 3.8) is 0 Å². The van der Waals surface area contributed by atoms with Crippen molar-refractivity contribution >= 4 is 22.6 Å². The molecule has 1 unspecified atom stereocenters. The minimum Gasteiger partial charge on any atom is -0.456 e. The number of nitrogens with one attached hydrogen (secondary N) is 2. The molecule has 1 atom stereocenters. The summed E-state index contributed by atoms with van der Waals surface area (Å²) in [5, 5.41) is 7.68. The molecule has 6 rings (SSSR count). The largest absolute Gasteiger partial charge is 0.456 e. The van der Waals surface area contributed by atoms with E-state index in [0.29, 0.717) is 0 Å². The lowest BCUT2D eigenvalue weighted by Gasteiger charge is -2.21. The van der Waals surface area contributed by atoms with Crippen LogP contribution < -0.4 is 20.1 Å². The zero-order chi connectivity index (χ0) is 25.7. The van der Waals surface area contributed by atoms with E-state index in [-0.39, 0.29) is 0 Å². The number of hydrogen-bond donors (Lipinski definition) is 2. The second-order valence-corrected chi connectivity index (χ2v) is 9.54. The molecule has 0 spiro atoms. The Morgan fingerprint density at radius 3 is 2.26 bits per heavy atom. The molecule has 7 heteroatoms. The number of fused-ring (bicyclic) bond motifs is 1. The Morgan fingerprint density at radius 2 is 1.53 bits per heavy atom. The van der Waals surface area contributed by atoms with Gasteiger partial charge in [0, 0.05) is 41.6 Å². The molecule has 1 aromatic heterocycles. The lowest BCUT2D eigenvalue weighted by molar-refractivity contribution is -0.00209. The van der Waals surface area contributed by atoms with Crippen LogP contribution in [0.4, 0.5) is 0 Å². The van der Waals surface area contributed by atoms with E-state index in [9.17, 15) is 0 Å². The van der Waals surface area contributed by atoms with Crippen LogP contribution in [-0.4, -0.2) is 44.1 Å². The Hall–Kier alpha value is -4.26. The second kappa shape index (κ2) is 11.0. The van der Waals surface area contributed by atoms with Crippen molar-refractivity contribution in [2.45, 2.75) is 32.5 Å². The molecule has 0 aliphatic carbocycles. The summed E-state index contributed by atoms with van der Waals surface area (Å²) in [6.07, 6.45) is 2.48. The van der Waals surface area contributed by atoms with Crippen molar-refractivity contribution < 1.29 is 13.9 Å². The van der Waals surface area contributed by atoms with E-state index in [4.69, 9.17) is 13.9 Å². The first-order valence-electron chi connectivity index (χ1n) is 13.4. The molecule has 0 bridgehead atoms. The van der Waals surface area contributed by atoms with E-state index in [1.54, 1.807) is 0 Å². The van der Waals surface area contributed by atoms with Crippen molar-refractivity contribution in [3.05, 3.63) is 83.9 Å². The van der Waals surface area contributed by atoms with Gasteiger partial charge in [-0.25, -0.2) is 0 Å². The van der Waals surface area contributed by atoms with Gasteiger partial charge in [0.05, 0.1) is 13.1 Å². The number of aliphatic imine (C=N–C) groups is 2. The molecule has 194 valence electrons. The number of hydrogen-bond acceptors (Lipinski definition) is 7. The maximum Gasteiger partial charge on any atom is 0.241 e. The van der Waals surface area contributed by atoms with Crippen molar-refractivity contribution in [1.29, 1.82) is 0 Å².